The van der Waals surface area contributed by atoms with Gasteiger partial charge in [0.15, 0.2) is 0 Å². The fourth-order valence-electron chi connectivity index (χ4n) is 2.26. The van der Waals surface area contributed by atoms with Crippen LogP contribution in [0, 0.1) is 5.92 Å². The molecule has 0 saturated carbocycles. The minimum absolute atomic E-state index is 0.00425. The largest absolute Gasteiger partial charge is 0.481 e. The summed E-state index contributed by atoms with van der Waals surface area (Å²) < 4.78 is 0. The van der Waals surface area contributed by atoms with Crippen molar-refractivity contribution < 1.29 is 14.7 Å². The number of carboxylic acids is 1. The molecule has 0 bridgehead atoms. The second kappa shape index (κ2) is 6.10. The number of carboxylic acid groups (broad SMARTS) is 1. The third-order valence-corrected chi connectivity index (χ3v) is 3.81. The summed E-state index contributed by atoms with van der Waals surface area (Å²) in [6, 6.07) is 7.64. The van der Waals surface area contributed by atoms with Crippen LogP contribution in [0.3, 0.4) is 0 Å². The van der Waals surface area contributed by atoms with Gasteiger partial charge in [0.1, 0.15) is 0 Å². The Morgan fingerprint density at radius 1 is 1.42 bits per heavy atom. The van der Waals surface area contributed by atoms with E-state index in [1.54, 1.807) is 16.7 Å². The second-order valence-electron chi connectivity index (χ2n) is 4.81. The molecule has 0 atom stereocenters. The Morgan fingerprint density at radius 3 is 2.79 bits per heavy atom. The minimum atomic E-state index is -0.793. The van der Waals surface area contributed by atoms with E-state index in [4.69, 9.17) is 5.11 Å². The van der Waals surface area contributed by atoms with E-state index in [9.17, 15) is 9.59 Å². The molecular formula is C14H17NO3S. The predicted molar refractivity (Wildman–Crippen MR) is 75.3 cm³/mol. The first-order valence-corrected chi connectivity index (χ1v) is 7.58. The monoisotopic (exact) mass is 279 g/mol. The van der Waals surface area contributed by atoms with E-state index in [2.05, 4.69) is 0 Å². The molecule has 0 aromatic heterocycles. The third kappa shape index (κ3) is 3.50. The molecular weight excluding hydrogens is 262 g/mol. The highest BCUT2D eigenvalue weighted by Crippen LogP contribution is 2.22. The fraction of sp³-hybridized carbons (Fsp3) is 0.429. The van der Waals surface area contributed by atoms with Crippen LogP contribution >= 0.6 is 11.8 Å². The maximum atomic E-state index is 12.2. The highest BCUT2D eigenvalue weighted by molar-refractivity contribution is 7.97. The van der Waals surface area contributed by atoms with Crippen LogP contribution in [0.1, 0.15) is 22.3 Å². The second-order valence-corrected chi connectivity index (χ2v) is 5.67. The number of likely N-dealkylation sites (tertiary alicyclic amines) is 1. The Kier molecular flexibility index (Phi) is 4.47. The van der Waals surface area contributed by atoms with Gasteiger partial charge in [-0.05, 0) is 24.0 Å². The summed E-state index contributed by atoms with van der Waals surface area (Å²) in [4.78, 5) is 24.5. The lowest BCUT2D eigenvalue weighted by molar-refractivity contribution is -0.139. The topological polar surface area (TPSA) is 57.6 Å². The molecule has 1 aromatic carbocycles. The standard InChI is InChI=1S/C14H17NO3S/c1-19-9-10-3-2-4-12(5-10)14(18)15-7-11(8-15)6-13(16)17/h2-5,11H,6-9H2,1H3,(H,16,17). The molecule has 1 saturated heterocycles. The van der Waals surface area contributed by atoms with Crippen LogP contribution in [-0.2, 0) is 10.5 Å². The molecule has 19 heavy (non-hydrogen) atoms. The Balaban J connectivity index is 1.94. The van der Waals surface area contributed by atoms with E-state index in [1.807, 2.05) is 30.5 Å². The molecule has 1 aliphatic heterocycles. The van der Waals surface area contributed by atoms with Gasteiger partial charge < -0.3 is 10.0 Å². The van der Waals surface area contributed by atoms with Gasteiger partial charge >= 0.3 is 5.97 Å². The zero-order valence-corrected chi connectivity index (χ0v) is 11.7. The van der Waals surface area contributed by atoms with Crippen LogP contribution in [0.4, 0.5) is 0 Å². The van der Waals surface area contributed by atoms with Crippen molar-refractivity contribution in [3.8, 4) is 0 Å². The molecule has 1 aromatic rings. The van der Waals surface area contributed by atoms with Crippen LogP contribution in [0.25, 0.3) is 0 Å². The number of hydrogen-bond donors (Lipinski definition) is 1. The van der Waals surface area contributed by atoms with Crippen molar-refractivity contribution >= 4 is 23.6 Å². The highest BCUT2D eigenvalue weighted by atomic mass is 32.2. The summed E-state index contributed by atoms with van der Waals surface area (Å²) in [6.07, 6.45) is 2.18. The lowest BCUT2D eigenvalue weighted by Crippen LogP contribution is -2.50. The highest BCUT2D eigenvalue weighted by Gasteiger charge is 2.32. The van der Waals surface area contributed by atoms with E-state index >= 15 is 0 Å². The fourth-order valence-corrected chi connectivity index (χ4v) is 2.77. The van der Waals surface area contributed by atoms with E-state index in [0.29, 0.717) is 18.7 Å². The van der Waals surface area contributed by atoms with Gasteiger partial charge in [0.05, 0.1) is 6.42 Å². The van der Waals surface area contributed by atoms with Crippen molar-refractivity contribution in [1.29, 1.82) is 0 Å². The number of aliphatic carboxylic acids is 1. The first kappa shape index (κ1) is 13.9. The Hall–Kier alpha value is -1.49. The van der Waals surface area contributed by atoms with Gasteiger partial charge in [-0.25, -0.2) is 0 Å². The smallest absolute Gasteiger partial charge is 0.303 e. The molecule has 1 N–H and O–H groups in total. The van der Waals surface area contributed by atoms with Crippen LogP contribution in [0.2, 0.25) is 0 Å². The molecule has 1 heterocycles. The average molecular weight is 279 g/mol. The number of carbonyl (C=O) groups excluding carboxylic acids is 1. The number of benzene rings is 1. The van der Waals surface area contributed by atoms with Gasteiger partial charge in [0, 0.05) is 30.3 Å². The summed E-state index contributed by atoms with van der Waals surface area (Å²) in [5, 5.41) is 8.68. The molecule has 102 valence electrons. The van der Waals surface area contributed by atoms with Crippen molar-refractivity contribution in [3.05, 3.63) is 35.4 Å². The maximum absolute atomic E-state index is 12.2. The Labute approximate surface area is 116 Å². The number of hydrogen-bond acceptors (Lipinski definition) is 3. The zero-order chi connectivity index (χ0) is 13.8. The number of thioether (sulfide) groups is 1. The summed E-state index contributed by atoms with van der Waals surface area (Å²) in [5.41, 5.74) is 1.83. The summed E-state index contributed by atoms with van der Waals surface area (Å²) >= 11 is 1.72. The third-order valence-electron chi connectivity index (χ3n) is 3.19. The quantitative estimate of drug-likeness (QED) is 0.896. The van der Waals surface area contributed by atoms with Gasteiger partial charge in [-0.15, -0.1) is 0 Å². The van der Waals surface area contributed by atoms with Gasteiger partial charge in [-0.2, -0.15) is 11.8 Å². The predicted octanol–water partition coefficient (Wildman–Crippen LogP) is 2.10. The van der Waals surface area contributed by atoms with Gasteiger partial charge in [0.2, 0.25) is 0 Å². The van der Waals surface area contributed by atoms with E-state index < -0.39 is 5.97 Å². The zero-order valence-electron chi connectivity index (χ0n) is 10.8. The molecule has 0 unspecified atom stereocenters. The SMILES string of the molecule is CSCc1cccc(C(=O)N2CC(CC(=O)O)C2)c1. The molecule has 0 spiro atoms. The van der Waals surface area contributed by atoms with Crippen LogP contribution < -0.4 is 0 Å². The van der Waals surface area contributed by atoms with E-state index in [0.717, 1.165) is 11.3 Å². The molecule has 4 nitrogen and oxygen atoms in total. The average Bonchev–Trinajstić information content (AvgIpc) is 2.33. The maximum Gasteiger partial charge on any atom is 0.303 e. The van der Waals surface area contributed by atoms with Crippen molar-refractivity contribution in [2.45, 2.75) is 12.2 Å². The number of carbonyl (C=O) groups is 2. The summed E-state index contributed by atoms with van der Waals surface area (Å²) in [5.74, 6) is 0.211. The van der Waals surface area contributed by atoms with Crippen molar-refractivity contribution in [3.63, 3.8) is 0 Å². The van der Waals surface area contributed by atoms with Crippen LogP contribution in [0.5, 0.6) is 0 Å². The van der Waals surface area contributed by atoms with Gasteiger partial charge in [-0.3, -0.25) is 9.59 Å². The first-order valence-electron chi connectivity index (χ1n) is 6.19. The molecule has 1 amide bonds. The normalized spacial score (nSPS) is 15.1. The number of nitrogens with zero attached hydrogens (tertiary/aromatic N) is 1. The van der Waals surface area contributed by atoms with Crippen molar-refractivity contribution in [2.24, 2.45) is 5.92 Å². The lowest BCUT2D eigenvalue weighted by atomic mass is 9.95. The van der Waals surface area contributed by atoms with Crippen molar-refractivity contribution in [2.75, 3.05) is 19.3 Å². The Morgan fingerprint density at radius 2 is 2.16 bits per heavy atom. The number of amides is 1. The van der Waals surface area contributed by atoms with E-state index in [-0.39, 0.29) is 18.2 Å². The molecule has 1 aliphatic rings. The van der Waals surface area contributed by atoms with Gasteiger partial charge in [0.25, 0.3) is 5.91 Å². The first-order chi connectivity index (χ1) is 9.10. The summed E-state index contributed by atoms with van der Waals surface area (Å²) in [7, 11) is 0. The summed E-state index contributed by atoms with van der Waals surface area (Å²) in [6.45, 7) is 1.11. The lowest BCUT2D eigenvalue weighted by Gasteiger charge is -2.38. The number of rotatable bonds is 5. The van der Waals surface area contributed by atoms with Gasteiger partial charge in [-0.1, -0.05) is 12.1 Å². The molecule has 2 rings (SSSR count). The van der Waals surface area contributed by atoms with E-state index in [1.165, 1.54) is 0 Å². The van der Waals surface area contributed by atoms with Crippen molar-refractivity contribution in [1.82, 2.24) is 4.90 Å². The minimum Gasteiger partial charge on any atom is -0.481 e. The molecule has 0 radical (unpaired) electrons. The molecule has 0 aliphatic carbocycles. The molecule has 5 heteroatoms. The molecule has 1 fully saturated rings. The van der Waals surface area contributed by atoms with Crippen LogP contribution in [-0.4, -0.2) is 41.2 Å². The van der Waals surface area contributed by atoms with Crippen LogP contribution in [0.15, 0.2) is 24.3 Å². The Bertz CT molecular complexity index is 483.